The Labute approximate surface area is 151 Å². The third kappa shape index (κ3) is 2.75. The van der Waals surface area contributed by atoms with Crippen LogP contribution in [0.2, 0.25) is 0 Å². The van der Waals surface area contributed by atoms with Crippen molar-refractivity contribution in [1.29, 1.82) is 0 Å². The zero-order valence-electron chi connectivity index (χ0n) is 14.3. The number of ether oxygens (including phenoxy) is 1. The first-order valence-electron chi connectivity index (χ1n) is 8.52. The minimum absolute atomic E-state index is 0.281. The molecule has 3 aromatic rings. The van der Waals surface area contributed by atoms with Crippen molar-refractivity contribution >= 4 is 17.5 Å². The lowest BCUT2D eigenvalue weighted by Gasteiger charge is -2.14. The summed E-state index contributed by atoms with van der Waals surface area (Å²) in [4.78, 5) is 26.6. The second-order valence-electron chi connectivity index (χ2n) is 6.09. The van der Waals surface area contributed by atoms with Gasteiger partial charge < -0.3 is 4.74 Å². The number of carbonyl (C=O) groups excluding carboxylic acids is 2. The molecule has 26 heavy (non-hydrogen) atoms. The number of hydrogen-bond acceptors (Lipinski definition) is 3. The molecule has 4 heteroatoms. The summed E-state index contributed by atoms with van der Waals surface area (Å²) in [7, 11) is 0. The van der Waals surface area contributed by atoms with Crippen LogP contribution in [0.1, 0.15) is 33.2 Å². The zero-order chi connectivity index (χ0) is 18.1. The fraction of sp³-hybridized carbons (Fsp3) is 0.0909. The maximum absolute atomic E-state index is 12.7. The quantitative estimate of drug-likeness (QED) is 0.637. The van der Waals surface area contributed by atoms with Crippen LogP contribution in [0, 0.1) is 0 Å². The number of carbonyl (C=O) groups is 2. The van der Waals surface area contributed by atoms with E-state index in [1.54, 1.807) is 30.3 Å². The summed E-state index contributed by atoms with van der Waals surface area (Å²) >= 11 is 0. The molecule has 2 amide bonds. The van der Waals surface area contributed by atoms with E-state index < -0.39 is 0 Å². The topological polar surface area (TPSA) is 46.6 Å². The molecule has 0 saturated carbocycles. The SMILES string of the molecule is CCc1ccc2c(c1)C(=O)N(c1ccc(Oc3ccccc3)cc1)C2=O. The minimum Gasteiger partial charge on any atom is -0.457 e. The van der Waals surface area contributed by atoms with E-state index >= 15 is 0 Å². The molecule has 1 heterocycles. The van der Waals surface area contributed by atoms with Crippen LogP contribution >= 0.6 is 0 Å². The molecule has 0 unspecified atom stereocenters. The Morgan fingerprint density at radius 1 is 0.769 bits per heavy atom. The van der Waals surface area contributed by atoms with Crippen molar-refractivity contribution in [3.63, 3.8) is 0 Å². The van der Waals surface area contributed by atoms with E-state index in [1.807, 2.05) is 49.4 Å². The lowest BCUT2D eigenvalue weighted by Crippen LogP contribution is -2.29. The van der Waals surface area contributed by atoms with Crippen molar-refractivity contribution in [2.75, 3.05) is 4.90 Å². The number of benzene rings is 3. The number of nitrogens with zero attached hydrogens (tertiary/aromatic N) is 1. The van der Waals surface area contributed by atoms with E-state index in [0.29, 0.717) is 22.6 Å². The monoisotopic (exact) mass is 343 g/mol. The summed E-state index contributed by atoms with van der Waals surface area (Å²) in [6.45, 7) is 2.02. The van der Waals surface area contributed by atoms with Gasteiger partial charge >= 0.3 is 0 Å². The summed E-state index contributed by atoms with van der Waals surface area (Å²) < 4.78 is 5.75. The molecule has 4 nitrogen and oxygen atoms in total. The Bertz CT molecular complexity index is 978. The Morgan fingerprint density at radius 2 is 1.42 bits per heavy atom. The molecule has 0 radical (unpaired) electrons. The molecular weight excluding hydrogens is 326 g/mol. The average Bonchev–Trinajstić information content (AvgIpc) is 2.93. The van der Waals surface area contributed by atoms with E-state index in [4.69, 9.17) is 4.74 Å². The number of rotatable bonds is 4. The van der Waals surface area contributed by atoms with Gasteiger partial charge in [0.25, 0.3) is 11.8 Å². The molecule has 0 fully saturated rings. The maximum Gasteiger partial charge on any atom is 0.266 e. The second kappa shape index (κ2) is 6.48. The molecule has 0 atom stereocenters. The van der Waals surface area contributed by atoms with Crippen LogP contribution in [-0.2, 0) is 6.42 Å². The molecular formula is C22H17NO3. The van der Waals surface area contributed by atoms with Gasteiger partial charge in [-0.25, -0.2) is 4.90 Å². The molecule has 4 rings (SSSR count). The highest BCUT2D eigenvalue weighted by atomic mass is 16.5. The van der Waals surface area contributed by atoms with Crippen molar-refractivity contribution in [2.24, 2.45) is 0 Å². The van der Waals surface area contributed by atoms with Gasteiger partial charge in [0.2, 0.25) is 0 Å². The van der Waals surface area contributed by atoms with E-state index in [9.17, 15) is 9.59 Å². The van der Waals surface area contributed by atoms with Crippen molar-refractivity contribution in [2.45, 2.75) is 13.3 Å². The maximum atomic E-state index is 12.7. The number of imide groups is 1. The summed E-state index contributed by atoms with van der Waals surface area (Å²) in [6.07, 6.45) is 0.820. The van der Waals surface area contributed by atoms with Crippen LogP contribution in [0.4, 0.5) is 5.69 Å². The van der Waals surface area contributed by atoms with Gasteiger partial charge in [-0.05, 0) is 60.5 Å². The molecule has 0 bridgehead atoms. The smallest absolute Gasteiger partial charge is 0.266 e. The Balaban J connectivity index is 1.60. The van der Waals surface area contributed by atoms with Crippen LogP contribution in [0.25, 0.3) is 0 Å². The summed E-state index contributed by atoms with van der Waals surface area (Å²) in [5.41, 5.74) is 2.50. The molecule has 0 aromatic heterocycles. The highest BCUT2D eigenvalue weighted by molar-refractivity contribution is 6.34. The minimum atomic E-state index is -0.288. The van der Waals surface area contributed by atoms with E-state index in [0.717, 1.165) is 17.7 Å². The number of para-hydroxylation sites is 1. The Kier molecular flexibility index (Phi) is 4.01. The van der Waals surface area contributed by atoms with Crippen LogP contribution in [0.15, 0.2) is 72.8 Å². The van der Waals surface area contributed by atoms with Gasteiger partial charge in [-0.1, -0.05) is 31.2 Å². The summed E-state index contributed by atoms with van der Waals surface area (Å²) in [6, 6.07) is 21.8. The predicted octanol–water partition coefficient (Wildman–Crippen LogP) is 4.84. The first-order valence-corrected chi connectivity index (χ1v) is 8.52. The van der Waals surface area contributed by atoms with Crippen LogP contribution < -0.4 is 9.64 Å². The normalized spacial score (nSPS) is 13.0. The van der Waals surface area contributed by atoms with E-state index in [2.05, 4.69) is 0 Å². The van der Waals surface area contributed by atoms with Gasteiger partial charge in [-0.2, -0.15) is 0 Å². The van der Waals surface area contributed by atoms with Crippen LogP contribution in [0.3, 0.4) is 0 Å². The number of fused-ring (bicyclic) bond motifs is 1. The van der Waals surface area contributed by atoms with Crippen LogP contribution in [-0.4, -0.2) is 11.8 Å². The fourth-order valence-electron chi connectivity index (χ4n) is 3.03. The zero-order valence-corrected chi connectivity index (χ0v) is 14.3. The highest BCUT2D eigenvalue weighted by Gasteiger charge is 2.36. The first kappa shape index (κ1) is 16.1. The second-order valence-corrected chi connectivity index (χ2v) is 6.09. The van der Waals surface area contributed by atoms with Gasteiger partial charge in [0.1, 0.15) is 11.5 Å². The average molecular weight is 343 g/mol. The van der Waals surface area contributed by atoms with Gasteiger partial charge in [0, 0.05) is 0 Å². The molecule has 0 aliphatic carbocycles. The summed E-state index contributed by atoms with van der Waals surface area (Å²) in [5, 5.41) is 0. The molecule has 1 aliphatic rings. The highest BCUT2D eigenvalue weighted by Crippen LogP contribution is 2.31. The predicted molar refractivity (Wildman–Crippen MR) is 99.9 cm³/mol. The number of anilines is 1. The summed E-state index contributed by atoms with van der Waals surface area (Å²) in [5.74, 6) is 0.805. The molecule has 3 aromatic carbocycles. The van der Waals surface area contributed by atoms with Gasteiger partial charge in [0.15, 0.2) is 0 Å². The van der Waals surface area contributed by atoms with Gasteiger partial charge in [-0.15, -0.1) is 0 Å². The van der Waals surface area contributed by atoms with Crippen molar-refractivity contribution in [1.82, 2.24) is 0 Å². The van der Waals surface area contributed by atoms with Crippen molar-refractivity contribution < 1.29 is 14.3 Å². The lowest BCUT2D eigenvalue weighted by molar-refractivity contribution is 0.0926. The molecule has 0 saturated heterocycles. The van der Waals surface area contributed by atoms with Crippen LogP contribution in [0.5, 0.6) is 11.5 Å². The Morgan fingerprint density at radius 3 is 2.12 bits per heavy atom. The third-order valence-electron chi connectivity index (χ3n) is 4.43. The van der Waals surface area contributed by atoms with Crippen molar-refractivity contribution in [3.8, 4) is 11.5 Å². The third-order valence-corrected chi connectivity index (χ3v) is 4.43. The number of aryl methyl sites for hydroxylation is 1. The molecule has 1 aliphatic heterocycles. The number of amides is 2. The number of hydrogen-bond donors (Lipinski definition) is 0. The molecule has 0 spiro atoms. The lowest BCUT2D eigenvalue weighted by atomic mass is 10.0. The Hall–Kier alpha value is -3.40. The molecule has 128 valence electrons. The standard InChI is InChI=1S/C22H17NO3/c1-2-15-8-13-19-20(14-15)22(25)23(21(19)24)16-9-11-18(12-10-16)26-17-6-4-3-5-7-17/h3-14H,2H2,1H3. The van der Waals surface area contributed by atoms with E-state index in [1.165, 1.54) is 4.90 Å². The fourth-order valence-corrected chi connectivity index (χ4v) is 3.03. The van der Waals surface area contributed by atoms with Gasteiger partial charge in [0.05, 0.1) is 16.8 Å². The largest absolute Gasteiger partial charge is 0.457 e. The first-order chi connectivity index (χ1) is 12.7. The molecule has 0 N–H and O–H groups in total. The van der Waals surface area contributed by atoms with E-state index in [-0.39, 0.29) is 11.8 Å². The van der Waals surface area contributed by atoms with Gasteiger partial charge in [-0.3, -0.25) is 9.59 Å². The van der Waals surface area contributed by atoms with Crippen molar-refractivity contribution in [3.05, 3.63) is 89.5 Å².